The van der Waals surface area contributed by atoms with Crippen LogP contribution in [0.15, 0.2) is 24.3 Å². The standard InChI is InChI=1S/C12H11N5O2/c1-16-10(6-9(14-16)12(18)19)7-3-4-8-11(5-7)17(2)15-13-8/h3-6H,1-2H3,(H,18,19). The van der Waals surface area contributed by atoms with Crippen LogP contribution in [-0.4, -0.2) is 35.9 Å². The Morgan fingerprint density at radius 3 is 2.68 bits per heavy atom. The van der Waals surface area contributed by atoms with Gasteiger partial charge in [0.25, 0.3) is 0 Å². The molecule has 0 aliphatic heterocycles. The van der Waals surface area contributed by atoms with Crippen molar-refractivity contribution in [2.45, 2.75) is 0 Å². The van der Waals surface area contributed by atoms with Gasteiger partial charge in [-0.15, -0.1) is 5.10 Å². The summed E-state index contributed by atoms with van der Waals surface area (Å²) in [5, 5.41) is 20.8. The van der Waals surface area contributed by atoms with Gasteiger partial charge in [0.1, 0.15) is 5.52 Å². The molecular formula is C12H11N5O2. The van der Waals surface area contributed by atoms with E-state index in [2.05, 4.69) is 15.4 Å². The van der Waals surface area contributed by atoms with Crippen molar-refractivity contribution in [1.82, 2.24) is 24.8 Å². The summed E-state index contributed by atoms with van der Waals surface area (Å²) in [5.41, 5.74) is 3.32. The summed E-state index contributed by atoms with van der Waals surface area (Å²) in [4.78, 5) is 10.9. The van der Waals surface area contributed by atoms with Crippen molar-refractivity contribution < 1.29 is 9.90 Å². The number of fused-ring (bicyclic) bond motifs is 1. The fourth-order valence-electron chi connectivity index (χ4n) is 2.03. The molecule has 0 spiro atoms. The summed E-state index contributed by atoms with van der Waals surface area (Å²) in [6.07, 6.45) is 0. The van der Waals surface area contributed by atoms with Crippen LogP contribution in [0.3, 0.4) is 0 Å². The Bertz CT molecular complexity index is 787. The van der Waals surface area contributed by atoms with Gasteiger partial charge in [0.05, 0.1) is 11.2 Å². The van der Waals surface area contributed by atoms with Gasteiger partial charge in [-0.05, 0) is 18.2 Å². The number of aryl methyl sites for hydroxylation is 2. The molecule has 0 bridgehead atoms. The number of benzene rings is 1. The molecule has 0 amide bonds. The van der Waals surface area contributed by atoms with Gasteiger partial charge in [0.2, 0.25) is 0 Å². The molecule has 2 aromatic heterocycles. The topological polar surface area (TPSA) is 85.8 Å². The first kappa shape index (κ1) is 11.4. The largest absolute Gasteiger partial charge is 0.476 e. The predicted octanol–water partition coefficient (Wildman–Crippen LogP) is 1.07. The van der Waals surface area contributed by atoms with Crippen LogP contribution in [-0.2, 0) is 14.1 Å². The summed E-state index contributed by atoms with van der Waals surface area (Å²) in [7, 11) is 3.53. The van der Waals surface area contributed by atoms with E-state index in [9.17, 15) is 4.79 Å². The number of carbonyl (C=O) groups is 1. The number of aromatic carboxylic acids is 1. The van der Waals surface area contributed by atoms with Crippen LogP contribution < -0.4 is 0 Å². The minimum atomic E-state index is -1.04. The van der Waals surface area contributed by atoms with Crippen molar-refractivity contribution in [2.24, 2.45) is 14.1 Å². The molecule has 1 aromatic carbocycles. The van der Waals surface area contributed by atoms with Crippen LogP contribution in [0.5, 0.6) is 0 Å². The third-order valence-corrected chi connectivity index (χ3v) is 3.01. The summed E-state index contributed by atoms with van der Waals surface area (Å²) < 4.78 is 3.22. The lowest BCUT2D eigenvalue weighted by Crippen LogP contribution is -1.99. The highest BCUT2D eigenvalue weighted by Gasteiger charge is 2.13. The second kappa shape index (κ2) is 3.91. The number of aromatic nitrogens is 5. The van der Waals surface area contributed by atoms with E-state index in [0.29, 0.717) is 0 Å². The third-order valence-electron chi connectivity index (χ3n) is 3.01. The van der Waals surface area contributed by atoms with Crippen LogP contribution in [0, 0.1) is 0 Å². The van der Waals surface area contributed by atoms with E-state index in [0.717, 1.165) is 22.3 Å². The molecule has 7 nitrogen and oxygen atoms in total. The van der Waals surface area contributed by atoms with E-state index in [1.165, 1.54) is 0 Å². The van der Waals surface area contributed by atoms with Gasteiger partial charge in [-0.1, -0.05) is 11.3 Å². The number of hydrogen-bond acceptors (Lipinski definition) is 4. The van der Waals surface area contributed by atoms with Gasteiger partial charge < -0.3 is 5.11 Å². The molecule has 0 atom stereocenters. The lowest BCUT2D eigenvalue weighted by atomic mass is 10.1. The second-order valence-electron chi connectivity index (χ2n) is 4.26. The molecule has 96 valence electrons. The third kappa shape index (κ3) is 1.75. The molecule has 0 unspecified atom stereocenters. The maximum absolute atomic E-state index is 10.9. The fraction of sp³-hybridized carbons (Fsp3) is 0.167. The molecule has 0 aliphatic rings. The maximum Gasteiger partial charge on any atom is 0.356 e. The number of carboxylic acid groups (broad SMARTS) is 1. The molecule has 2 heterocycles. The smallest absolute Gasteiger partial charge is 0.356 e. The average molecular weight is 257 g/mol. The van der Waals surface area contributed by atoms with E-state index in [1.54, 1.807) is 22.5 Å². The van der Waals surface area contributed by atoms with Crippen molar-refractivity contribution in [3.63, 3.8) is 0 Å². The van der Waals surface area contributed by atoms with E-state index in [1.807, 2.05) is 25.2 Å². The minimum absolute atomic E-state index is 0.0285. The Balaban J connectivity index is 2.18. The SMILES string of the molecule is Cn1nc(C(=O)O)cc1-c1ccc2nnn(C)c2c1. The van der Waals surface area contributed by atoms with Gasteiger partial charge in [0, 0.05) is 19.7 Å². The minimum Gasteiger partial charge on any atom is -0.476 e. The van der Waals surface area contributed by atoms with Gasteiger partial charge >= 0.3 is 5.97 Å². The quantitative estimate of drug-likeness (QED) is 0.742. The Kier molecular flexibility index (Phi) is 2.34. The van der Waals surface area contributed by atoms with Crippen molar-refractivity contribution in [2.75, 3.05) is 0 Å². The molecule has 1 N–H and O–H groups in total. The van der Waals surface area contributed by atoms with Crippen LogP contribution in [0.25, 0.3) is 22.3 Å². The molecule has 0 saturated heterocycles. The fourth-order valence-corrected chi connectivity index (χ4v) is 2.03. The van der Waals surface area contributed by atoms with Crippen LogP contribution in [0.2, 0.25) is 0 Å². The zero-order valence-corrected chi connectivity index (χ0v) is 10.4. The molecule has 3 aromatic rings. The lowest BCUT2D eigenvalue weighted by molar-refractivity contribution is 0.0689. The molecule has 19 heavy (non-hydrogen) atoms. The van der Waals surface area contributed by atoms with Crippen molar-refractivity contribution >= 4 is 17.0 Å². The first-order valence-electron chi connectivity index (χ1n) is 5.63. The first-order valence-corrected chi connectivity index (χ1v) is 5.63. The monoisotopic (exact) mass is 257 g/mol. The Morgan fingerprint density at radius 2 is 2.00 bits per heavy atom. The Hall–Kier alpha value is -2.70. The summed E-state index contributed by atoms with van der Waals surface area (Å²) in [5.74, 6) is -1.04. The van der Waals surface area contributed by atoms with E-state index >= 15 is 0 Å². The summed E-state index contributed by atoms with van der Waals surface area (Å²) in [6.45, 7) is 0. The number of rotatable bonds is 2. The number of hydrogen-bond donors (Lipinski definition) is 1. The highest BCUT2D eigenvalue weighted by molar-refractivity contribution is 5.88. The zero-order chi connectivity index (χ0) is 13.6. The molecule has 0 radical (unpaired) electrons. The lowest BCUT2D eigenvalue weighted by Gasteiger charge is -2.02. The van der Waals surface area contributed by atoms with Crippen molar-refractivity contribution in [3.8, 4) is 11.3 Å². The molecule has 7 heteroatoms. The van der Waals surface area contributed by atoms with Crippen LogP contribution in [0.4, 0.5) is 0 Å². The highest BCUT2D eigenvalue weighted by atomic mass is 16.4. The van der Waals surface area contributed by atoms with Gasteiger partial charge in [-0.3, -0.25) is 4.68 Å². The van der Waals surface area contributed by atoms with Crippen LogP contribution in [0.1, 0.15) is 10.5 Å². The van der Waals surface area contributed by atoms with Crippen molar-refractivity contribution in [1.29, 1.82) is 0 Å². The maximum atomic E-state index is 10.9. The van der Waals surface area contributed by atoms with Crippen LogP contribution >= 0.6 is 0 Å². The second-order valence-corrected chi connectivity index (χ2v) is 4.26. The molecule has 0 fully saturated rings. The molecule has 3 rings (SSSR count). The van der Waals surface area contributed by atoms with E-state index in [4.69, 9.17) is 5.11 Å². The van der Waals surface area contributed by atoms with E-state index in [-0.39, 0.29) is 5.69 Å². The normalized spacial score (nSPS) is 11.1. The average Bonchev–Trinajstić information content (AvgIpc) is 2.93. The zero-order valence-electron chi connectivity index (χ0n) is 10.4. The first-order chi connectivity index (χ1) is 9.06. The summed E-state index contributed by atoms with van der Waals surface area (Å²) >= 11 is 0. The molecule has 0 saturated carbocycles. The van der Waals surface area contributed by atoms with Gasteiger partial charge in [-0.2, -0.15) is 5.10 Å². The number of carboxylic acids is 1. The molecular weight excluding hydrogens is 246 g/mol. The summed E-state index contributed by atoms with van der Waals surface area (Å²) in [6, 6.07) is 7.19. The predicted molar refractivity (Wildman–Crippen MR) is 67.7 cm³/mol. The molecule has 0 aliphatic carbocycles. The van der Waals surface area contributed by atoms with Gasteiger partial charge in [0.15, 0.2) is 5.69 Å². The van der Waals surface area contributed by atoms with Gasteiger partial charge in [-0.25, -0.2) is 9.48 Å². The Labute approximate surface area is 108 Å². The number of nitrogens with zero attached hydrogens (tertiary/aromatic N) is 5. The van der Waals surface area contributed by atoms with E-state index < -0.39 is 5.97 Å². The highest BCUT2D eigenvalue weighted by Crippen LogP contribution is 2.23. The Morgan fingerprint density at radius 1 is 1.21 bits per heavy atom. The van der Waals surface area contributed by atoms with Crippen molar-refractivity contribution in [3.05, 3.63) is 30.0 Å².